The van der Waals surface area contributed by atoms with Gasteiger partial charge in [0, 0.05) is 0 Å². The average Bonchev–Trinajstić information content (AvgIpc) is 2.50. The van der Waals surface area contributed by atoms with E-state index in [2.05, 4.69) is 15.5 Å². The quantitative estimate of drug-likeness (QED) is 0.296. The van der Waals surface area contributed by atoms with Gasteiger partial charge in [0.1, 0.15) is 0 Å². The van der Waals surface area contributed by atoms with Gasteiger partial charge in [-0.05, 0) is 17.5 Å². The second-order valence-corrected chi connectivity index (χ2v) is 2.37. The fourth-order valence-corrected chi connectivity index (χ4v) is 1.000. The van der Waals surface area contributed by atoms with Crippen LogP contribution < -0.4 is 4.74 Å². The van der Waals surface area contributed by atoms with Crippen molar-refractivity contribution in [1.29, 1.82) is 0 Å². The molecule has 11 heavy (non-hydrogen) atoms. The molecule has 0 bridgehead atoms. The zero-order chi connectivity index (χ0) is 7.94. The SMILES string of the molecule is [NH-]/N=N/N=C/Oc1cccs1. The van der Waals surface area contributed by atoms with Crippen molar-refractivity contribution in [3.63, 3.8) is 0 Å². The van der Waals surface area contributed by atoms with E-state index in [4.69, 9.17) is 10.6 Å². The topological polar surface area (TPSA) is 70.1 Å². The van der Waals surface area contributed by atoms with E-state index in [9.17, 15) is 0 Å². The maximum absolute atomic E-state index is 6.25. The predicted molar refractivity (Wildman–Crippen MR) is 42.6 cm³/mol. The molecule has 1 aromatic rings. The first-order valence-corrected chi connectivity index (χ1v) is 3.60. The minimum atomic E-state index is 0.730. The van der Waals surface area contributed by atoms with Crippen LogP contribution in [-0.4, -0.2) is 6.40 Å². The van der Waals surface area contributed by atoms with Gasteiger partial charge in [0.2, 0.25) is 0 Å². The third-order valence-corrected chi connectivity index (χ3v) is 1.57. The van der Waals surface area contributed by atoms with Crippen LogP contribution in [0.2, 0.25) is 0 Å². The lowest BCUT2D eigenvalue weighted by atomic mass is 10.7. The van der Waals surface area contributed by atoms with E-state index in [0.717, 1.165) is 11.5 Å². The number of ether oxygens (including phenoxy) is 1. The lowest BCUT2D eigenvalue weighted by Gasteiger charge is -1.91. The lowest BCUT2D eigenvalue weighted by molar-refractivity contribution is 0.587. The van der Waals surface area contributed by atoms with Crippen LogP contribution in [0.15, 0.2) is 33.1 Å². The summed E-state index contributed by atoms with van der Waals surface area (Å²) >= 11 is 1.45. The second kappa shape index (κ2) is 4.40. The molecule has 0 unspecified atom stereocenters. The number of thiophene rings is 1. The van der Waals surface area contributed by atoms with Crippen molar-refractivity contribution < 1.29 is 4.74 Å². The summed E-state index contributed by atoms with van der Waals surface area (Å²) in [6.45, 7) is 0. The Balaban J connectivity index is 2.34. The summed E-state index contributed by atoms with van der Waals surface area (Å²) in [7, 11) is 0. The van der Waals surface area contributed by atoms with Crippen molar-refractivity contribution in [2.45, 2.75) is 0 Å². The molecule has 0 amide bonds. The maximum atomic E-state index is 6.25. The third-order valence-electron chi connectivity index (χ3n) is 0.807. The minimum absolute atomic E-state index is 0.730. The molecule has 1 N–H and O–H groups in total. The van der Waals surface area contributed by atoms with Crippen molar-refractivity contribution in [2.75, 3.05) is 0 Å². The van der Waals surface area contributed by atoms with Gasteiger partial charge in [-0.25, -0.2) is 5.10 Å². The van der Waals surface area contributed by atoms with E-state index in [1.165, 1.54) is 11.3 Å². The van der Waals surface area contributed by atoms with E-state index < -0.39 is 0 Å². The molecule has 0 aliphatic rings. The van der Waals surface area contributed by atoms with Crippen LogP contribution in [-0.2, 0) is 0 Å². The Hall–Kier alpha value is -1.43. The van der Waals surface area contributed by atoms with E-state index in [0.29, 0.717) is 0 Å². The van der Waals surface area contributed by atoms with Crippen molar-refractivity contribution in [3.05, 3.63) is 23.4 Å². The number of nitrogens with one attached hydrogen (secondary N) is 1. The highest BCUT2D eigenvalue weighted by atomic mass is 32.1. The smallest absolute Gasteiger partial charge is 0.182 e. The van der Waals surface area contributed by atoms with Crippen molar-refractivity contribution in [2.24, 2.45) is 15.5 Å². The van der Waals surface area contributed by atoms with Gasteiger partial charge in [0.15, 0.2) is 11.5 Å². The average molecular weight is 169 g/mol. The molecule has 0 saturated carbocycles. The van der Waals surface area contributed by atoms with E-state index in [1.807, 2.05) is 11.4 Å². The van der Waals surface area contributed by atoms with Crippen molar-refractivity contribution in [3.8, 4) is 5.06 Å². The molecular weight excluding hydrogens is 164 g/mol. The Kier molecular flexibility index (Phi) is 3.07. The Labute approximate surface area is 67.2 Å². The normalized spacial score (nSPS) is 11.3. The highest BCUT2D eigenvalue weighted by Crippen LogP contribution is 2.16. The van der Waals surface area contributed by atoms with Gasteiger partial charge >= 0.3 is 0 Å². The van der Waals surface area contributed by atoms with Gasteiger partial charge in [0.25, 0.3) is 0 Å². The largest absolute Gasteiger partial charge is 0.435 e. The summed E-state index contributed by atoms with van der Waals surface area (Å²) in [4.78, 5) is 0. The summed E-state index contributed by atoms with van der Waals surface area (Å²) in [6, 6.07) is 3.66. The van der Waals surface area contributed by atoms with Gasteiger partial charge in [-0.1, -0.05) is 0 Å². The van der Waals surface area contributed by atoms with E-state index in [1.54, 1.807) is 6.07 Å². The summed E-state index contributed by atoms with van der Waals surface area (Å²) in [5.41, 5.74) is 0. The van der Waals surface area contributed by atoms with Crippen LogP contribution in [0, 0.1) is 0 Å². The molecule has 58 valence electrons. The van der Waals surface area contributed by atoms with Crippen molar-refractivity contribution in [1.82, 2.24) is 0 Å². The lowest BCUT2D eigenvalue weighted by Crippen LogP contribution is -1.84. The number of rotatable bonds is 3. The molecule has 0 aliphatic carbocycles. The van der Waals surface area contributed by atoms with Gasteiger partial charge in [-0.3, -0.25) is 10.4 Å². The zero-order valence-electron chi connectivity index (χ0n) is 5.47. The highest BCUT2D eigenvalue weighted by Gasteiger charge is 1.86. The van der Waals surface area contributed by atoms with Crippen LogP contribution in [0.5, 0.6) is 5.06 Å². The maximum Gasteiger partial charge on any atom is 0.182 e. The predicted octanol–water partition coefficient (Wildman–Crippen LogP) is 2.49. The van der Waals surface area contributed by atoms with Crippen LogP contribution in [0.4, 0.5) is 0 Å². The van der Waals surface area contributed by atoms with E-state index in [-0.39, 0.29) is 0 Å². The Morgan fingerprint density at radius 1 is 1.64 bits per heavy atom. The summed E-state index contributed by atoms with van der Waals surface area (Å²) in [5, 5.41) is 11.6. The monoisotopic (exact) mass is 169 g/mol. The first-order valence-electron chi connectivity index (χ1n) is 2.72. The van der Waals surface area contributed by atoms with Crippen LogP contribution >= 0.6 is 11.3 Å². The summed E-state index contributed by atoms with van der Waals surface area (Å²) < 4.78 is 4.94. The van der Waals surface area contributed by atoms with Gasteiger partial charge in [0.05, 0.1) is 0 Å². The molecule has 0 spiro atoms. The molecule has 1 rings (SSSR count). The molecule has 1 aromatic heterocycles. The molecular formula is C5H5N4OS-. The number of nitrogens with zero attached hydrogens (tertiary/aromatic N) is 3. The third kappa shape index (κ3) is 2.76. The Morgan fingerprint density at radius 2 is 2.55 bits per heavy atom. The molecule has 1 heterocycles. The molecule has 5 nitrogen and oxygen atoms in total. The first kappa shape index (κ1) is 7.67. The van der Waals surface area contributed by atoms with Crippen LogP contribution in [0.1, 0.15) is 0 Å². The van der Waals surface area contributed by atoms with E-state index >= 15 is 0 Å². The van der Waals surface area contributed by atoms with Crippen LogP contribution in [0.3, 0.4) is 0 Å². The summed E-state index contributed by atoms with van der Waals surface area (Å²) in [6.07, 6.45) is 1.13. The minimum Gasteiger partial charge on any atom is -0.435 e. The molecule has 0 atom stereocenters. The Bertz CT molecular complexity index is 243. The standard InChI is InChI=1S/C5H5N4OS/c6-8-9-7-4-10-5-2-1-3-11-5/h1-4H,(H-,6,9)/q-1/b7-4+. The van der Waals surface area contributed by atoms with Crippen LogP contribution in [0.25, 0.3) is 5.84 Å². The first-order chi connectivity index (χ1) is 5.43. The molecule has 0 radical (unpaired) electrons. The second-order valence-electron chi connectivity index (χ2n) is 1.46. The molecule has 0 fully saturated rings. The zero-order valence-corrected chi connectivity index (χ0v) is 6.28. The van der Waals surface area contributed by atoms with Gasteiger partial charge in [-0.15, -0.1) is 11.3 Å². The number of hydrogen-bond acceptors (Lipinski definition) is 4. The summed E-state index contributed by atoms with van der Waals surface area (Å²) in [5.74, 6) is 6.25. The van der Waals surface area contributed by atoms with Gasteiger partial charge < -0.3 is 10.6 Å². The fraction of sp³-hybridized carbons (Fsp3) is 0. The van der Waals surface area contributed by atoms with Crippen molar-refractivity contribution >= 4 is 17.7 Å². The number of hydrogen-bond donors (Lipinski definition) is 0. The molecule has 0 aliphatic heterocycles. The Morgan fingerprint density at radius 3 is 3.18 bits per heavy atom. The highest BCUT2D eigenvalue weighted by molar-refractivity contribution is 7.11. The molecule has 0 saturated heterocycles. The van der Waals surface area contributed by atoms with Gasteiger partial charge in [-0.2, -0.15) is 0 Å². The fourth-order valence-electron chi connectivity index (χ4n) is 0.453. The molecule has 0 aromatic carbocycles. The molecule has 6 heteroatoms.